The molecule has 1 fully saturated rings. The predicted molar refractivity (Wildman–Crippen MR) is 91.9 cm³/mol. The van der Waals surface area contributed by atoms with Gasteiger partial charge in [0.25, 0.3) is 0 Å². The molecule has 1 aliphatic rings. The first-order valence-corrected chi connectivity index (χ1v) is 8.86. The van der Waals surface area contributed by atoms with E-state index in [0.717, 1.165) is 41.8 Å². The topological polar surface area (TPSA) is 15.3 Å². The maximum atomic E-state index is 14.3. The first kappa shape index (κ1) is 14.9. The number of hydrogen-bond acceptors (Lipinski definition) is 3. The highest BCUT2D eigenvalue weighted by molar-refractivity contribution is 9.10. The van der Waals surface area contributed by atoms with Gasteiger partial charge in [0.05, 0.1) is 11.7 Å². The second kappa shape index (κ2) is 6.36. The van der Waals surface area contributed by atoms with Gasteiger partial charge in [0, 0.05) is 28.1 Å². The van der Waals surface area contributed by atoms with Crippen molar-refractivity contribution in [2.45, 2.75) is 25.8 Å². The van der Waals surface area contributed by atoms with Gasteiger partial charge in [0.2, 0.25) is 0 Å². The average Bonchev–Trinajstić information content (AvgIpc) is 3.10. The molecular formula is C16H18BrFN2S. The number of nitrogens with one attached hydrogen (secondary N) is 1. The van der Waals surface area contributed by atoms with Crippen molar-refractivity contribution in [1.29, 1.82) is 0 Å². The normalized spacial score (nSPS) is 16.2. The van der Waals surface area contributed by atoms with Gasteiger partial charge in [-0.05, 0) is 65.3 Å². The summed E-state index contributed by atoms with van der Waals surface area (Å²) in [6.07, 6.45) is 2.31. The van der Waals surface area contributed by atoms with E-state index in [4.69, 9.17) is 0 Å². The van der Waals surface area contributed by atoms with Gasteiger partial charge in [0.1, 0.15) is 5.82 Å². The molecule has 1 aromatic carbocycles. The molecule has 0 saturated carbocycles. The number of benzene rings is 1. The number of hydrogen-bond donors (Lipinski definition) is 1. The number of thiophene rings is 1. The van der Waals surface area contributed by atoms with E-state index in [0.29, 0.717) is 0 Å². The van der Waals surface area contributed by atoms with Crippen molar-refractivity contribution in [2.75, 3.05) is 23.3 Å². The van der Waals surface area contributed by atoms with Crippen LogP contribution in [0.3, 0.4) is 0 Å². The van der Waals surface area contributed by atoms with E-state index in [2.05, 4.69) is 38.5 Å². The summed E-state index contributed by atoms with van der Waals surface area (Å²) < 4.78 is 15.4. The van der Waals surface area contributed by atoms with E-state index in [1.807, 2.05) is 18.2 Å². The molecule has 5 heteroatoms. The molecule has 112 valence electrons. The molecule has 1 aliphatic heterocycles. The van der Waals surface area contributed by atoms with Gasteiger partial charge in [-0.2, -0.15) is 0 Å². The monoisotopic (exact) mass is 368 g/mol. The van der Waals surface area contributed by atoms with Crippen molar-refractivity contribution in [2.24, 2.45) is 0 Å². The molecule has 1 aromatic heterocycles. The largest absolute Gasteiger partial charge is 0.378 e. The fraction of sp³-hybridized carbons (Fsp3) is 0.375. The summed E-state index contributed by atoms with van der Waals surface area (Å²) in [5.74, 6) is -0.139. The summed E-state index contributed by atoms with van der Waals surface area (Å²) in [4.78, 5) is 3.34. The minimum Gasteiger partial charge on any atom is -0.378 e. The van der Waals surface area contributed by atoms with Gasteiger partial charge < -0.3 is 10.2 Å². The maximum absolute atomic E-state index is 14.3. The van der Waals surface area contributed by atoms with Crippen LogP contribution in [0.4, 0.5) is 15.8 Å². The Labute approximate surface area is 137 Å². The first-order valence-electron chi connectivity index (χ1n) is 7.19. The fourth-order valence-corrected chi connectivity index (χ4v) is 4.47. The molecule has 0 amide bonds. The van der Waals surface area contributed by atoms with Crippen LogP contribution in [0.15, 0.2) is 34.1 Å². The average molecular weight is 369 g/mol. The number of rotatable bonds is 4. The zero-order valence-corrected chi connectivity index (χ0v) is 14.3. The third-order valence-electron chi connectivity index (χ3n) is 3.82. The Kier molecular flexibility index (Phi) is 4.50. The first-order chi connectivity index (χ1) is 10.1. The fourth-order valence-electron chi connectivity index (χ4n) is 2.74. The molecule has 0 bridgehead atoms. The molecule has 2 nitrogen and oxygen atoms in total. The van der Waals surface area contributed by atoms with E-state index in [1.165, 1.54) is 4.88 Å². The van der Waals surface area contributed by atoms with Gasteiger partial charge in [-0.25, -0.2) is 4.39 Å². The van der Waals surface area contributed by atoms with Crippen LogP contribution in [0.5, 0.6) is 0 Å². The quantitative estimate of drug-likeness (QED) is 0.774. The number of nitrogens with zero attached hydrogens (tertiary/aromatic N) is 1. The number of halogens is 2. The van der Waals surface area contributed by atoms with Gasteiger partial charge in [-0.3, -0.25) is 0 Å². The second-order valence-electron chi connectivity index (χ2n) is 5.36. The summed E-state index contributed by atoms with van der Waals surface area (Å²) in [6, 6.07) is 7.64. The van der Waals surface area contributed by atoms with Crippen LogP contribution < -0.4 is 10.2 Å². The highest BCUT2D eigenvalue weighted by Crippen LogP contribution is 2.32. The minimum absolute atomic E-state index is 0.139. The molecular weight excluding hydrogens is 351 g/mol. The summed E-state index contributed by atoms with van der Waals surface area (Å²) in [6.45, 7) is 4.01. The van der Waals surface area contributed by atoms with Crippen LogP contribution in [-0.4, -0.2) is 13.1 Å². The molecule has 0 radical (unpaired) electrons. The lowest BCUT2D eigenvalue weighted by Gasteiger charge is -2.20. The van der Waals surface area contributed by atoms with E-state index in [-0.39, 0.29) is 11.9 Å². The van der Waals surface area contributed by atoms with Crippen molar-refractivity contribution in [3.8, 4) is 0 Å². The summed E-state index contributed by atoms with van der Waals surface area (Å²) in [7, 11) is 0. The summed E-state index contributed by atoms with van der Waals surface area (Å²) in [5.41, 5.74) is 1.55. The lowest BCUT2D eigenvalue weighted by atomic mass is 10.2. The van der Waals surface area contributed by atoms with E-state index in [1.54, 1.807) is 17.4 Å². The third-order valence-corrected chi connectivity index (χ3v) is 5.87. The maximum Gasteiger partial charge on any atom is 0.148 e. The Morgan fingerprint density at radius 2 is 2.05 bits per heavy atom. The van der Waals surface area contributed by atoms with Gasteiger partial charge >= 0.3 is 0 Å². The Balaban J connectivity index is 1.74. The van der Waals surface area contributed by atoms with E-state index < -0.39 is 0 Å². The molecule has 3 rings (SSSR count). The molecule has 1 N–H and O–H groups in total. The standard InChI is InChI=1S/C16H18BrFN2S/c1-11(16-13(17)6-9-21-16)19-12-4-5-15(14(18)10-12)20-7-2-3-8-20/h4-6,9-11,19H,2-3,7-8H2,1H3. The molecule has 1 atom stereocenters. The van der Waals surface area contributed by atoms with Crippen LogP contribution in [0, 0.1) is 5.82 Å². The molecule has 1 saturated heterocycles. The van der Waals surface area contributed by atoms with Gasteiger partial charge in [-0.1, -0.05) is 0 Å². The molecule has 0 aliphatic carbocycles. The Hall–Kier alpha value is -1.07. The lowest BCUT2D eigenvalue weighted by Crippen LogP contribution is -2.19. The Morgan fingerprint density at radius 1 is 1.29 bits per heavy atom. The molecule has 0 spiro atoms. The van der Waals surface area contributed by atoms with Crippen LogP contribution in [-0.2, 0) is 0 Å². The van der Waals surface area contributed by atoms with Crippen LogP contribution in [0.25, 0.3) is 0 Å². The number of anilines is 2. The third kappa shape index (κ3) is 3.24. The summed E-state index contributed by atoms with van der Waals surface area (Å²) >= 11 is 5.23. The van der Waals surface area contributed by atoms with Gasteiger partial charge in [-0.15, -0.1) is 11.3 Å². The zero-order chi connectivity index (χ0) is 14.8. The van der Waals surface area contributed by atoms with Crippen molar-refractivity contribution in [1.82, 2.24) is 0 Å². The van der Waals surface area contributed by atoms with Crippen LogP contribution >= 0.6 is 27.3 Å². The smallest absolute Gasteiger partial charge is 0.148 e. The minimum atomic E-state index is -0.139. The predicted octanol–water partition coefficient (Wildman–Crippen LogP) is 5.42. The molecule has 2 heterocycles. The molecule has 1 unspecified atom stereocenters. The SMILES string of the molecule is CC(Nc1ccc(N2CCCC2)c(F)c1)c1sccc1Br. The van der Waals surface area contributed by atoms with E-state index in [9.17, 15) is 4.39 Å². The second-order valence-corrected chi connectivity index (χ2v) is 7.16. The Morgan fingerprint density at radius 3 is 2.67 bits per heavy atom. The van der Waals surface area contributed by atoms with Crippen LogP contribution in [0.1, 0.15) is 30.7 Å². The van der Waals surface area contributed by atoms with Crippen molar-refractivity contribution in [3.63, 3.8) is 0 Å². The van der Waals surface area contributed by atoms with E-state index >= 15 is 0 Å². The summed E-state index contributed by atoms with van der Waals surface area (Å²) in [5, 5.41) is 5.42. The highest BCUT2D eigenvalue weighted by Gasteiger charge is 2.17. The van der Waals surface area contributed by atoms with Crippen molar-refractivity contribution < 1.29 is 4.39 Å². The molecule has 2 aromatic rings. The van der Waals surface area contributed by atoms with Crippen molar-refractivity contribution >= 4 is 38.6 Å². The highest BCUT2D eigenvalue weighted by atomic mass is 79.9. The molecule has 21 heavy (non-hydrogen) atoms. The van der Waals surface area contributed by atoms with Gasteiger partial charge in [0.15, 0.2) is 0 Å². The lowest BCUT2D eigenvalue weighted by molar-refractivity contribution is 0.623. The zero-order valence-electron chi connectivity index (χ0n) is 11.9. The van der Waals surface area contributed by atoms with Crippen LogP contribution in [0.2, 0.25) is 0 Å². The Bertz CT molecular complexity index is 622. The van der Waals surface area contributed by atoms with Crippen molar-refractivity contribution in [3.05, 3.63) is 44.8 Å².